The average Bonchev–Trinajstić information content (AvgIpc) is 1.60. The highest BCUT2D eigenvalue weighted by atomic mass is 16.5. The van der Waals surface area contributed by atoms with Crippen molar-refractivity contribution in [1.29, 1.82) is 0 Å². The standard InChI is InChI=1S/C6H12NO2/c1-7(3-4-8)6-2-5-9-6/h6H,2-5H2,1H3. The molecule has 1 aliphatic heterocycles. The molecule has 9 heavy (non-hydrogen) atoms. The fourth-order valence-electron chi connectivity index (χ4n) is 0.859. The average molecular weight is 130 g/mol. The molecule has 1 rings (SSSR count). The van der Waals surface area contributed by atoms with Gasteiger partial charge in [-0.15, -0.1) is 0 Å². The zero-order chi connectivity index (χ0) is 6.69. The Kier molecular flexibility index (Phi) is 2.45. The summed E-state index contributed by atoms with van der Waals surface area (Å²) in [7, 11) is 1.92. The molecular formula is C6H12NO2. The van der Waals surface area contributed by atoms with Crippen molar-refractivity contribution in [2.24, 2.45) is 0 Å². The summed E-state index contributed by atoms with van der Waals surface area (Å²) >= 11 is 0. The second-order valence-corrected chi connectivity index (χ2v) is 2.30. The van der Waals surface area contributed by atoms with Gasteiger partial charge in [0.05, 0.1) is 13.2 Å². The van der Waals surface area contributed by atoms with Crippen LogP contribution in [0.3, 0.4) is 0 Å². The summed E-state index contributed by atoms with van der Waals surface area (Å²) in [5.41, 5.74) is 0. The Bertz CT molecular complexity index is 83.1. The molecule has 1 unspecified atom stereocenters. The lowest BCUT2D eigenvalue weighted by Crippen LogP contribution is -2.43. The highest BCUT2D eigenvalue weighted by Crippen LogP contribution is 2.13. The van der Waals surface area contributed by atoms with Gasteiger partial charge in [0.2, 0.25) is 0 Å². The molecule has 0 bridgehead atoms. The maximum atomic E-state index is 10.1. The number of rotatable bonds is 3. The van der Waals surface area contributed by atoms with E-state index in [2.05, 4.69) is 0 Å². The predicted octanol–water partition coefficient (Wildman–Crippen LogP) is 0.0951. The monoisotopic (exact) mass is 130 g/mol. The molecule has 1 atom stereocenters. The molecule has 1 saturated heterocycles. The van der Waals surface area contributed by atoms with E-state index in [-0.39, 0.29) is 12.8 Å². The van der Waals surface area contributed by atoms with E-state index in [1.807, 2.05) is 11.9 Å². The fourth-order valence-corrected chi connectivity index (χ4v) is 0.859. The highest BCUT2D eigenvalue weighted by Gasteiger charge is 2.21. The molecule has 0 aromatic rings. The predicted molar refractivity (Wildman–Crippen MR) is 32.5 cm³/mol. The number of ether oxygens (including phenoxy) is 1. The summed E-state index contributed by atoms with van der Waals surface area (Å²) in [5, 5.41) is 10.1. The number of likely N-dealkylation sites (N-methyl/N-ethyl adjacent to an activating group) is 1. The quantitative estimate of drug-likeness (QED) is 0.542. The van der Waals surface area contributed by atoms with Crippen LogP contribution < -0.4 is 0 Å². The van der Waals surface area contributed by atoms with Gasteiger partial charge in [-0.2, -0.15) is 0 Å². The molecule has 1 aliphatic rings. The van der Waals surface area contributed by atoms with Gasteiger partial charge >= 0.3 is 0 Å². The molecule has 0 aromatic heterocycles. The number of hydrogen-bond acceptors (Lipinski definition) is 2. The maximum absolute atomic E-state index is 10.1. The third-order valence-electron chi connectivity index (χ3n) is 1.61. The van der Waals surface area contributed by atoms with Crippen molar-refractivity contribution in [3.63, 3.8) is 0 Å². The van der Waals surface area contributed by atoms with Crippen molar-refractivity contribution in [3.05, 3.63) is 0 Å². The Hall–Kier alpha value is -0.120. The van der Waals surface area contributed by atoms with E-state index in [0.717, 1.165) is 13.0 Å². The van der Waals surface area contributed by atoms with E-state index >= 15 is 0 Å². The third-order valence-corrected chi connectivity index (χ3v) is 1.61. The minimum atomic E-state index is -0.0314. The second-order valence-electron chi connectivity index (χ2n) is 2.30. The molecule has 0 amide bonds. The van der Waals surface area contributed by atoms with E-state index in [1.54, 1.807) is 0 Å². The Labute approximate surface area is 55.2 Å². The van der Waals surface area contributed by atoms with Gasteiger partial charge in [0.1, 0.15) is 6.23 Å². The zero-order valence-corrected chi connectivity index (χ0v) is 5.67. The van der Waals surface area contributed by atoms with Crippen LogP contribution in [0.15, 0.2) is 0 Å². The van der Waals surface area contributed by atoms with E-state index in [1.165, 1.54) is 0 Å². The van der Waals surface area contributed by atoms with Crippen LogP contribution in [0.2, 0.25) is 0 Å². The van der Waals surface area contributed by atoms with Crippen molar-refractivity contribution >= 4 is 0 Å². The van der Waals surface area contributed by atoms with Crippen LogP contribution in [0.5, 0.6) is 0 Å². The normalized spacial score (nSPS) is 26.3. The van der Waals surface area contributed by atoms with Crippen LogP contribution in [-0.2, 0) is 9.84 Å². The molecule has 1 fully saturated rings. The third kappa shape index (κ3) is 1.64. The summed E-state index contributed by atoms with van der Waals surface area (Å²) in [5.74, 6) is 0. The van der Waals surface area contributed by atoms with Gasteiger partial charge in [-0.3, -0.25) is 4.90 Å². The summed E-state index contributed by atoms with van der Waals surface area (Å²) in [6.45, 7) is 1.43. The van der Waals surface area contributed by atoms with E-state index in [4.69, 9.17) is 4.74 Å². The van der Waals surface area contributed by atoms with Gasteiger partial charge in [0.15, 0.2) is 0 Å². The van der Waals surface area contributed by atoms with Crippen LogP contribution in [0, 0.1) is 0 Å². The summed E-state index contributed by atoms with van der Waals surface area (Å²) in [4.78, 5) is 1.95. The molecular weight excluding hydrogens is 118 g/mol. The van der Waals surface area contributed by atoms with Crippen molar-refractivity contribution in [3.8, 4) is 0 Å². The zero-order valence-electron chi connectivity index (χ0n) is 5.67. The first-order chi connectivity index (χ1) is 4.34. The van der Waals surface area contributed by atoms with Crippen molar-refractivity contribution < 1.29 is 9.84 Å². The smallest absolute Gasteiger partial charge is 0.112 e. The Morgan fingerprint density at radius 3 is 2.78 bits per heavy atom. The van der Waals surface area contributed by atoms with Crippen LogP contribution in [0.1, 0.15) is 6.42 Å². The molecule has 0 spiro atoms. The lowest BCUT2D eigenvalue weighted by Gasteiger charge is -2.34. The summed E-state index contributed by atoms with van der Waals surface area (Å²) in [6.07, 6.45) is 1.31. The van der Waals surface area contributed by atoms with Gasteiger partial charge < -0.3 is 4.74 Å². The fraction of sp³-hybridized carbons (Fsp3) is 1.00. The lowest BCUT2D eigenvalue weighted by molar-refractivity contribution is -0.139. The van der Waals surface area contributed by atoms with Crippen molar-refractivity contribution in [1.82, 2.24) is 4.90 Å². The van der Waals surface area contributed by atoms with Gasteiger partial charge in [0.25, 0.3) is 0 Å². The van der Waals surface area contributed by atoms with E-state index < -0.39 is 0 Å². The van der Waals surface area contributed by atoms with Gasteiger partial charge in [-0.25, -0.2) is 5.11 Å². The van der Waals surface area contributed by atoms with E-state index in [0.29, 0.717) is 6.54 Å². The summed E-state index contributed by atoms with van der Waals surface area (Å²) < 4.78 is 5.13. The van der Waals surface area contributed by atoms with E-state index in [9.17, 15) is 5.11 Å². The second kappa shape index (κ2) is 3.15. The molecule has 0 saturated carbocycles. The first-order valence-electron chi connectivity index (χ1n) is 3.24. The van der Waals surface area contributed by atoms with Crippen LogP contribution in [0.25, 0.3) is 0 Å². The Morgan fingerprint density at radius 1 is 1.78 bits per heavy atom. The van der Waals surface area contributed by atoms with Gasteiger partial charge in [-0.1, -0.05) is 0 Å². The molecule has 1 heterocycles. The minimum absolute atomic E-state index is 0.0314. The first-order valence-corrected chi connectivity index (χ1v) is 3.24. The molecule has 0 aromatic carbocycles. The molecule has 3 heteroatoms. The van der Waals surface area contributed by atoms with Crippen molar-refractivity contribution in [2.45, 2.75) is 12.6 Å². The minimum Gasteiger partial charge on any atom is -0.363 e. The molecule has 0 N–H and O–H groups in total. The largest absolute Gasteiger partial charge is 0.363 e. The SMILES string of the molecule is CN(CC[O])C1CCO1. The Balaban J connectivity index is 2.08. The Morgan fingerprint density at radius 2 is 2.44 bits per heavy atom. The van der Waals surface area contributed by atoms with Crippen LogP contribution in [-0.4, -0.2) is 37.9 Å². The molecule has 53 valence electrons. The lowest BCUT2D eigenvalue weighted by atomic mass is 10.3. The highest BCUT2D eigenvalue weighted by molar-refractivity contribution is 4.65. The number of hydrogen-bond donors (Lipinski definition) is 0. The molecule has 3 nitrogen and oxygen atoms in total. The number of nitrogens with zero attached hydrogens (tertiary/aromatic N) is 1. The maximum Gasteiger partial charge on any atom is 0.112 e. The molecule has 1 radical (unpaired) electrons. The molecule has 0 aliphatic carbocycles. The van der Waals surface area contributed by atoms with Crippen molar-refractivity contribution in [2.75, 3.05) is 26.8 Å². The van der Waals surface area contributed by atoms with Gasteiger partial charge in [0, 0.05) is 13.0 Å². The topological polar surface area (TPSA) is 32.4 Å². The van der Waals surface area contributed by atoms with Gasteiger partial charge in [-0.05, 0) is 7.05 Å². The van der Waals surface area contributed by atoms with Crippen LogP contribution >= 0.6 is 0 Å². The summed E-state index contributed by atoms with van der Waals surface area (Å²) in [6, 6.07) is 0. The van der Waals surface area contributed by atoms with Crippen LogP contribution in [0.4, 0.5) is 0 Å². The first kappa shape index (κ1) is 6.99.